The first-order valence-electron chi connectivity index (χ1n) is 11.6. The lowest BCUT2D eigenvalue weighted by Gasteiger charge is -2.21. The van der Waals surface area contributed by atoms with Crippen LogP contribution in [0.3, 0.4) is 0 Å². The van der Waals surface area contributed by atoms with Crippen molar-refractivity contribution < 1.29 is 22.7 Å². The fourth-order valence-corrected chi connectivity index (χ4v) is 4.56. The molecule has 1 amide bonds. The number of anilines is 2. The van der Waals surface area contributed by atoms with E-state index in [1.165, 1.54) is 12.1 Å². The minimum Gasteiger partial charge on any atom is -0.497 e. The normalized spacial score (nSPS) is 12.9. The smallest absolute Gasteiger partial charge is 0.265 e. The number of amides is 1. The van der Waals surface area contributed by atoms with Crippen LogP contribution in [0.4, 0.5) is 11.4 Å². The average molecular weight is 497 g/mol. The summed E-state index contributed by atoms with van der Waals surface area (Å²) in [5.74, 6) is 1.35. The fourth-order valence-electron chi connectivity index (χ4n) is 3.50. The zero-order valence-corrected chi connectivity index (χ0v) is 21.3. The number of sulfonamides is 1. The van der Waals surface area contributed by atoms with Gasteiger partial charge in [0.1, 0.15) is 11.5 Å². The molecular formula is C27H32N2O5S. The van der Waals surface area contributed by atoms with Crippen LogP contribution in [-0.4, -0.2) is 27.5 Å². The minimum absolute atomic E-state index is 0.0806. The van der Waals surface area contributed by atoms with Gasteiger partial charge in [-0.1, -0.05) is 39.0 Å². The van der Waals surface area contributed by atoms with Gasteiger partial charge in [0.25, 0.3) is 15.9 Å². The molecule has 3 aromatic rings. The van der Waals surface area contributed by atoms with E-state index in [1.807, 2.05) is 31.2 Å². The van der Waals surface area contributed by atoms with E-state index in [4.69, 9.17) is 9.47 Å². The van der Waals surface area contributed by atoms with Crippen molar-refractivity contribution in [2.75, 3.05) is 17.1 Å². The van der Waals surface area contributed by atoms with Crippen LogP contribution in [-0.2, 0) is 14.8 Å². The summed E-state index contributed by atoms with van der Waals surface area (Å²) in [6.45, 7) is 6.13. The van der Waals surface area contributed by atoms with Crippen molar-refractivity contribution in [1.29, 1.82) is 0 Å². The Labute approximate surface area is 207 Å². The first-order chi connectivity index (χ1) is 16.8. The lowest BCUT2D eigenvalue weighted by Crippen LogP contribution is -2.32. The Kier molecular flexibility index (Phi) is 8.76. The summed E-state index contributed by atoms with van der Waals surface area (Å²) >= 11 is 0. The summed E-state index contributed by atoms with van der Waals surface area (Å²) < 4.78 is 39.1. The van der Waals surface area contributed by atoms with Crippen molar-refractivity contribution in [3.8, 4) is 11.5 Å². The second-order valence-corrected chi connectivity index (χ2v) is 9.89. The van der Waals surface area contributed by atoms with E-state index < -0.39 is 16.1 Å². The molecule has 7 nitrogen and oxygen atoms in total. The van der Waals surface area contributed by atoms with Crippen LogP contribution in [0.15, 0.2) is 77.7 Å². The van der Waals surface area contributed by atoms with E-state index in [1.54, 1.807) is 43.5 Å². The molecule has 2 atom stereocenters. The van der Waals surface area contributed by atoms with Crippen molar-refractivity contribution >= 4 is 27.3 Å². The lowest BCUT2D eigenvalue weighted by atomic mass is 9.98. The molecule has 35 heavy (non-hydrogen) atoms. The minimum atomic E-state index is -3.78. The van der Waals surface area contributed by atoms with Gasteiger partial charge >= 0.3 is 0 Å². The van der Waals surface area contributed by atoms with Gasteiger partial charge in [-0.05, 0) is 78.9 Å². The van der Waals surface area contributed by atoms with Crippen LogP contribution < -0.4 is 19.5 Å². The number of ether oxygens (including phenoxy) is 2. The molecule has 0 aliphatic rings. The summed E-state index contributed by atoms with van der Waals surface area (Å²) in [5.41, 5.74) is 1.97. The Morgan fingerprint density at radius 2 is 1.51 bits per heavy atom. The SMILES string of the molecule is CCC(Oc1ccccc1C(C)CC)C(=O)Nc1ccc(S(=O)(=O)Nc2ccc(OC)cc2)cc1. The molecule has 3 rings (SSSR count). The van der Waals surface area contributed by atoms with Gasteiger partial charge in [0, 0.05) is 11.4 Å². The summed E-state index contributed by atoms with van der Waals surface area (Å²) in [6.07, 6.45) is 0.769. The molecule has 0 aliphatic carbocycles. The predicted octanol–water partition coefficient (Wildman–Crippen LogP) is 5.81. The van der Waals surface area contributed by atoms with E-state index in [9.17, 15) is 13.2 Å². The monoisotopic (exact) mass is 496 g/mol. The molecule has 0 bridgehead atoms. The number of rotatable bonds is 11. The standard InChI is InChI=1S/C27H32N2O5S/c1-5-19(3)24-9-7-8-10-26(24)34-25(6-2)27(30)28-20-13-17-23(18-14-20)35(31,32)29-21-11-15-22(33-4)16-12-21/h7-19,25,29H,5-6H2,1-4H3,(H,28,30). The summed E-state index contributed by atoms with van der Waals surface area (Å²) in [6, 6.07) is 20.3. The number of hydrogen-bond donors (Lipinski definition) is 2. The summed E-state index contributed by atoms with van der Waals surface area (Å²) in [5, 5.41) is 2.82. The van der Waals surface area contributed by atoms with Gasteiger partial charge in [-0.3, -0.25) is 9.52 Å². The third-order valence-electron chi connectivity index (χ3n) is 5.77. The molecule has 3 aromatic carbocycles. The van der Waals surface area contributed by atoms with Gasteiger partial charge in [0.15, 0.2) is 6.10 Å². The number of carbonyl (C=O) groups excluding carboxylic acids is 1. The molecule has 0 fully saturated rings. The zero-order valence-electron chi connectivity index (χ0n) is 20.4. The molecular weight excluding hydrogens is 464 g/mol. The molecule has 0 aliphatic heterocycles. The van der Waals surface area contributed by atoms with Crippen LogP contribution in [0.5, 0.6) is 11.5 Å². The Balaban J connectivity index is 1.67. The van der Waals surface area contributed by atoms with Gasteiger partial charge in [-0.2, -0.15) is 0 Å². The molecule has 0 aromatic heterocycles. The Bertz CT molecular complexity index is 1230. The molecule has 2 N–H and O–H groups in total. The highest BCUT2D eigenvalue weighted by Crippen LogP contribution is 2.29. The number of nitrogens with one attached hydrogen (secondary N) is 2. The Hall–Kier alpha value is -3.52. The fraction of sp³-hybridized carbons (Fsp3) is 0.296. The van der Waals surface area contributed by atoms with Crippen LogP contribution in [0.2, 0.25) is 0 Å². The van der Waals surface area contributed by atoms with Crippen molar-refractivity contribution in [3.05, 3.63) is 78.4 Å². The largest absolute Gasteiger partial charge is 0.497 e. The number of carbonyl (C=O) groups is 1. The van der Waals surface area contributed by atoms with Crippen LogP contribution in [0, 0.1) is 0 Å². The third kappa shape index (κ3) is 6.76. The summed E-state index contributed by atoms with van der Waals surface area (Å²) in [4.78, 5) is 13.0. The van der Waals surface area contributed by atoms with Gasteiger partial charge in [-0.25, -0.2) is 8.42 Å². The number of methoxy groups -OCH3 is 1. The Morgan fingerprint density at radius 1 is 0.886 bits per heavy atom. The first kappa shape index (κ1) is 26.1. The molecule has 8 heteroatoms. The van der Waals surface area contributed by atoms with E-state index in [0.717, 1.165) is 12.0 Å². The van der Waals surface area contributed by atoms with Crippen LogP contribution >= 0.6 is 0 Å². The second-order valence-electron chi connectivity index (χ2n) is 8.21. The lowest BCUT2D eigenvalue weighted by molar-refractivity contribution is -0.122. The summed E-state index contributed by atoms with van der Waals surface area (Å²) in [7, 11) is -2.24. The van der Waals surface area contributed by atoms with Gasteiger partial charge in [0.05, 0.1) is 12.0 Å². The topological polar surface area (TPSA) is 93.7 Å². The van der Waals surface area contributed by atoms with Gasteiger partial charge < -0.3 is 14.8 Å². The zero-order chi connectivity index (χ0) is 25.4. The molecule has 0 heterocycles. The molecule has 2 unspecified atom stereocenters. The molecule has 0 radical (unpaired) electrons. The second kappa shape index (κ2) is 11.8. The number of para-hydroxylation sites is 1. The Morgan fingerprint density at radius 3 is 2.11 bits per heavy atom. The average Bonchev–Trinajstić information content (AvgIpc) is 2.87. The maximum absolute atomic E-state index is 12.9. The van der Waals surface area contributed by atoms with Crippen LogP contribution in [0.25, 0.3) is 0 Å². The highest BCUT2D eigenvalue weighted by Gasteiger charge is 2.21. The van der Waals surface area contributed by atoms with Crippen molar-refractivity contribution in [2.45, 2.75) is 50.5 Å². The van der Waals surface area contributed by atoms with Crippen molar-refractivity contribution in [1.82, 2.24) is 0 Å². The first-order valence-corrected chi connectivity index (χ1v) is 13.1. The quantitative estimate of drug-likeness (QED) is 0.350. The molecule has 186 valence electrons. The number of hydrogen-bond acceptors (Lipinski definition) is 5. The van der Waals surface area contributed by atoms with Crippen LogP contribution in [0.1, 0.15) is 45.1 Å². The molecule has 0 saturated carbocycles. The molecule has 0 saturated heterocycles. The highest BCUT2D eigenvalue weighted by molar-refractivity contribution is 7.92. The van der Waals surface area contributed by atoms with Gasteiger partial charge in [0.2, 0.25) is 0 Å². The van der Waals surface area contributed by atoms with Crippen molar-refractivity contribution in [3.63, 3.8) is 0 Å². The molecule has 0 spiro atoms. The van der Waals surface area contributed by atoms with E-state index in [2.05, 4.69) is 23.9 Å². The maximum Gasteiger partial charge on any atom is 0.265 e. The predicted molar refractivity (Wildman–Crippen MR) is 139 cm³/mol. The highest BCUT2D eigenvalue weighted by atomic mass is 32.2. The van der Waals surface area contributed by atoms with E-state index >= 15 is 0 Å². The number of benzene rings is 3. The van der Waals surface area contributed by atoms with E-state index in [0.29, 0.717) is 35.2 Å². The third-order valence-corrected chi connectivity index (χ3v) is 7.17. The maximum atomic E-state index is 12.9. The van der Waals surface area contributed by atoms with E-state index in [-0.39, 0.29) is 10.8 Å². The van der Waals surface area contributed by atoms with Gasteiger partial charge in [-0.15, -0.1) is 0 Å². The van der Waals surface area contributed by atoms with Crippen molar-refractivity contribution in [2.24, 2.45) is 0 Å².